The molecule has 22 heavy (non-hydrogen) atoms. The smallest absolute Gasteiger partial charge is 0.135 e. The van der Waals surface area contributed by atoms with Gasteiger partial charge in [0.25, 0.3) is 0 Å². The minimum absolute atomic E-state index is 0.807. The lowest BCUT2D eigenvalue weighted by molar-refractivity contribution is 0.315. The van der Waals surface area contributed by atoms with Gasteiger partial charge in [0.1, 0.15) is 11.0 Å². The van der Waals surface area contributed by atoms with Gasteiger partial charge in [-0.3, -0.25) is 0 Å². The molecule has 0 aliphatic rings. The molecule has 2 aromatic carbocycles. The molecule has 1 aromatic heterocycles. The van der Waals surface area contributed by atoms with E-state index in [0.717, 1.165) is 22.5 Å². The Morgan fingerprint density at radius 3 is 2.73 bits per heavy atom. The lowest BCUT2D eigenvalue weighted by atomic mass is 10.2. The molecule has 112 valence electrons. The second-order valence-electron chi connectivity index (χ2n) is 4.52. The Kier molecular flexibility index (Phi) is 5.86. The first kappa shape index (κ1) is 15.5. The summed E-state index contributed by atoms with van der Waals surface area (Å²) in [4.78, 5) is 0. The Balaban J connectivity index is 1.36. The summed E-state index contributed by atoms with van der Waals surface area (Å²) in [6.07, 6.45) is 4.35. The van der Waals surface area contributed by atoms with E-state index < -0.39 is 0 Å². The zero-order valence-corrected chi connectivity index (χ0v) is 14.2. The summed E-state index contributed by atoms with van der Waals surface area (Å²) in [5.74, 6) is 1.95. The van der Waals surface area contributed by atoms with Crippen molar-refractivity contribution in [1.82, 2.24) is 10.3 Å². The van der Waals surface area contributed by atoms with Gasteiger partial charge in [0.05, 0.1) is 0 Å². The molecule has 0 spiro atoms. The summed E-state index contributed by atoms with van der Waals surface area (Å²) in [7, 11) is 5.49. The topological polar surface area (TPSA) is 38.9 Å². The van der Waals surface area contributed by atoms with E-state index in [1.807, 2.05) is 49.6 Å². The lowest BCUT2D eigenvalue weighted by Crippen LogP contribution is -1.78. The molecule has 0 saturated heterocycles. The van der Waals surface area contributed by atoms with Crippen LogP contribution < -0.4 is 0 Å². The summed E-state index contributed by atoms with van der Waals surface area (Å²) >= 11 is 0. The predicted octanol–water partition coefficient (Wildman–Crippen LogP) is 5.47. The third-order valence-corrected chi connectivity index (χ3v) is 6.96. The van der Waals surface area contributed by atoms with E-state index in [1.165, 1.54) is 11.1 Å². The van der Waals surface area contributed by atoms with Crippen molar-refractivity contribution in [1.29, 1.82) is 0 Å². The van der Waals surface area contributed by atoms with Crippen molar-refractivity contribution in [2.24, 2.45) is 0 Å². The van der Waals surface area contributed by atoms with Crippen LogP contribution in [0.25, 0.3) is 17.1 Å². The van der Waals surface area contributed by atoms with Crippen LogP contribution in [0, 0.1) is 0 Å². The van der Waals surface area contributed by atoms with E-state index in [1.54, 1.807) is 0 Å². The van der Waals surface area contributed by atoms with E-state index >= 15 is 0 Å². The average Bonchev–Trinajstić information content (AvgIpc) is 3.02. The van der Waals surface area contributed by atoms with Crippen molar-refractivity contribution in [3.05, 3.63) is 65.7 Å². The van der Waals surface area contributed by atoms with Gasteiger partial charge in [0, 0.05) is 11.5 Å². The van der Waals surface area contributed by atoms with E-state index in [-0.39, 0.29) is 0 Å². The number of aromatic nitrogens is 2. The third-order valence-electron chi connectivity index (χ3n) is 2.91. The van der Waals surface area contributed by atoms with Crippen LogP contribution in [0.1, 0.15) is 11.1 Å². The van der Waals surface area contributed by atoms with Gasteiger partial charge in [-0.05, 0) is 43.4 Å². The molecule has 6 heteroatoms. The molecule has 1 heterocycles. The van der Waals surface area contributed by atoms with Crippen LogP contribution in [-0.4, -0.2) is 16.1 Å². The van der Waals surface area contributed by atoms with Crippen molar-refractivity contribution in [3.8, 4) is 0 Å². The Morgan fingerprint density at radius 1 is 0.955 bits per heavy atom. The second-order valence-corrected chi connectivity index (χ2v) is 8.79. The molecule has 0 N–H and O–H groups in total. The third kappa shape index (κ3) is 4.56. The van der Waals surface area contributed by atoms with Crippen LogP contribution in [-0.2, 0) is 5.75 Å². The number of fused-ring (bicyclic) bond motifs is 1. The predicted molar refractivity (Wildman–Crippen MR) is 98.6 cm³/mol. The van der Waals surface area contributed by atoms with Crippen molar-refractivity contribution >= 4 is 48.5 Å². The summed E-state index contributed by atoms with van der Waals surface area (Å²) in [5.41, 5.74) is 4.11. The Bertz CT molecular complexity index is 743. The van der Waals surface area contributed by atoms with Crippen molar-refractivity contribution in [2.75, 3.05) is 5.75 Å². The van der Waals surface area contributed by atoms with Crippen LogP contribution in [0.5, 0.6) is 0 Å². The molecular weight excluding hydrogens is 332 g/mol. The first-order valence-electron chi connectivity index (χ1n) is 6.76. The summed E-state index contributed by atoms with van der Waals surface area (Å²) in [6, 6.07) is 16.4. The summed E-state index contributed by atoms with van der Waals surface area (Å²) < 4.78 is 4.70. The molecule has 3 aromatic rings. The van der Waals surface area contributed by atoms with Crippen LogP contribution in [0.2, 0.25) is 0 Å². The molecule has 0 atom stereocenters. The van der Waals surface area contributed by atoms with Crippen LogP contribution in [0.15, 0.2) is 59.2 Å². The molecule has 0 bridgehead atoms. The fourth-order valence-electron chi connectivity index (χ4n) is 1.86. The van der Waals surface area contributed by atoms with Gasteiger partial charge in [-0.1, -0.05) is 70.1 Å². The normalized spacial score (nSPS) is 11.5. The Morgan fingerprint density at radius 2 is 1.82 bits per heavy atom. The van der Waals surface area contributed by atoms with E-state index in [9.17, 15) is 0 Å². The molecule has 0 aliphatic carbocycles. The Hall–Kier alpha value is -1.37. The van der Waals surface area contributed by atoms with Gasteiger partial charge < -0.3 is 0 Å². The fourth-order valence-corrected chi connectivity index (χ4v) is 5.23. The van der Waals surface area contributed by atoms with E-state index in [4.69, 9.17) is 4.63 Å². The number of hydrogen-bond donors (Lipinski definition) is 0. The molecule has 0 aliphatic heterocycles. The Labute approximate surface area is 140 Å². The molecule has 0 fully saturated rings. The minimum atomic E-state index is 0.807. The molecule has 3 rings (SSSR count). The monoisotopic (exact) mass is 346 g/mol. The highest BCUT2D eigenvalue weighted by molar-refractivity contribution is 9.09. The number of benzene rings is 2. The minimum Gasteiger partial charge on any atom is -0.243 e. The van der Waals surface area contributed by atoms with Gasteiger partial charge in [-0.25, -0.2) is 4.63 Å². The SMILES string of the molecule is C(=C\c1ccccc1)/CSSSCc1ccc2nonc2c1. The standard InChI is InChI=1S/C16H14N2OS3/c1-2-5-13(6-3-1)7-4-10-20-22-21-12-14-8-9-15-16(11-14)18-19-17-15/h1-9,11H,10,12H2/b7-4+. The van der Waals surface area contributed by atoms with E-state index in [0.29, 0.717) is 0 Å². The molecule has 0 saturated carbocycles. The van der Waals surface area contributed by atoms with Gasteiger partial charge in [-0.2, -0.15) is 0 Å². The number of hydrogen-bond acceptors (Lipinski definition) is 6. The maximum absolute atomic E-state index is 4.70. The van der Waals surface area contributed by atoms with Crippen molar-refractivity contribution in [3.63, 3.8) is 0 Å². The van der Waals surface area contributed by atoms with Gasteiger partial charge >= 0.3 is 0 Å². The highest BCUT2D eigenvalue weighted by Crippen LogP contribution is 2.37. The maximum Gasteiger partial charge on any atom is 0.135 e. The molecule has 0 unspecified atom stereocenters. The summed E-state index contributed by atoms with van der Waals surface area (Å²) in [5, 5.41) is 7.67. The molecule has 0 radical (unpaired) electrons. The quantitative estimate of drug-likeness (QED) is 0.417. The summed E-state index contributed by atoms with van der Waals surface area (Å²) in [6.45, 7) is 0. The first-order valence-corrected chi connectivity index (χ1v) is 10.6. The molecular formula is C16H14N2OS3. The largest absolute Gasteiger partial charge is 0.243 e. The fraction of sp³-hybridized carbons (Fsp3) is 0.125. The zero-order chi connectivity index (χ0) is 15.0. The van der Waals surface area contributed by atoms with Crippen molar-refractivity contribution < 1.29 is 4.63 Å². The van der Waals surface area contributed by atoms with Crippen LogP contribution in [0.3, 0.4) is 0 Å². The number of rotatable bonds is 7. The highest BCUT2D eigenvalue weighted by atomic mass is 33.5. The van der Waals surface area contributed by atoms with Gasteiger partial charge in [0.2, 0.25) is 0 Å². The van der Waals surface area contributed by atoms with Gasteiger partial charge in [0.15, 0.2) is 0 Å². The number of nitrogens with zero attached hydrogens (tertiary/aromatic N) is 2. The molecule has 3 nitrogen and oxygen atoms in total. The van der Waals surface area contributed by atoms with Crippen molar-refractivity contribution in [2.45, 2.75) is 5.75 Å². The highest BCUT2D eigenvalue weighted by Gasteiger charge is 2.01. The van der Waals surface area contributed by atoms with Crippen LogP contribution in [0.4, 0.5) is 0 Å². The van der Waals surface area contributed by atoms with Crippen LogP contribution >= 0.6 is 31.4 Å². The molecule has 0 amide bonds. The first-order chi connectivity index (χ1) is 10.9. The van der Waals surface area contributed by atoms with E-state index in [2.05, 4.69) is 52.8 Å². The second kappa shape index (κ2) is 8.31. The lowest BCUT2D eigenvalue weighted by Gasteiger charge is -1.99. The maximum atomic E-state index is 4.70. The average molecular weight is 347 g/mol. The van der Waals surface area contributed by atoms with Gasteiger partial charge in [-0.15, -0.1) is 0 Å². The zero-order valence-electron chi connectivity index (χ0n) is 11.7.